The maximum Gasteiger partial charge on any atom is 0.426 e. The first-order valence-electron chi connectivity index (χ1n) is 26.3. The van der Waals surface area contributed by atoms with Gasteiger partial charge in [-0.05, 0) is 94.0 Å². The summed E-state index contributed by atoms with van der Waals surface area (Å²) in [4.78, 5) is 113. The predicted octanol–water partition coefficient (Wildman–Crippen LogP) is 3.86. The molecule has 78 heavy (non-hydrogen) atoms. The van der Waals surface area contributed by atoms with Gasteiger partial charge in [0.15, 0.2) is 17.0 Å². The average molecular weight is 1120 g/mol. The number of amides is 6. The third-order valence-electron chi connectivity index (χ3n) is 9.23. The Morgan fingerprint density at radius 1 is 0.885 bits per heavy atom. The van der Waals surface area contributed by atoms with Gasteiger partial charge in [0.05, 0.1) is 18.7 Å². The monoisotopic (exact) mass is 1120 g/mol. The summed E-state index contributed by atoms with van der Waals surface area (Å²) in [6.45, 7) is 32.2. The number of likely N-dealkylation sites (N-methyl/N-ethyl adjacent to an activating group) is 2. The van der Waals surface area contributed by atoms with E-state index in [1.54, 1.807) is 34.9 Å². The number of nitrogen functional groups attached to an aromatic ring is 1. The van der Waals surface area contributed by atoms with Crippen molar-refractivity contribution in [3.05, 3.63) is 33.5 Å². The molecular formula is C51H96N12O15. The molecule has 3 atom stereocenters. The van der Waals surface area contributed by atoms with Crippen LogP contribution >= 0.6 is 0 Å². The zero-order chi connectivity index (χ0) is 61.0. The molecule has 6 amide bonds. The number of carbonyl (C=O) groups excluding carboxylic acids is 7. The third-order valence-corrected chi connectivity index (χ3v) is 9.23. The molecule has 1 aliphatic rings. The Labute approximate surface area is 459 Å². The lowest BCUT2D eigenvalue weighted by Crippen LogP contribution is -2.44. The summed E-state index contributed by atoms with van der Waals surface area (Å²) < 4.78 is 23.8. The molecule has 27 heteroatoms. The molecular weight excluding hydrogens is 1020 g/mol. The first-order chi connectivity index (χ1) is 36.3. The molecule has 2 aromatic heterocycles. The van der Waals surface area contributed by atoms with Crippen LogP contribution in [0.25, 0.3) is 11.2 Å². The molecule has 450 valence electrons. The van der Waals surface area contributed by atoms with E-state index in [0.717, 1.165) is 12.8 Å². The molecule has 0 bridgehead atoms. The summed E-state index contributed by atoms with van der Waals surface area (Å²) >= 11 is 0. The number of alkyl carbamates (subject to hydrolysis) is 1. The number of ether oxygens (including phenoxy) is 4. The predicted molar refractivity (Wildman–Crippen MR) is 298 cm³/mol. The standard InChI is InChI=1S/C20H30N8O6.C15H27N3O5.C9H19NO2.C3H8O2.2C2H6/c1-4-8-27-15-16(24-18(21)25-17(15)30)28(19(27)31)14-6-5-12(34-14)11-33-20(32)26(3)9-7-23-13(29)10-22-2;1-10(2)11(9-19)16-12(20)7-6-8-13(21)17-18-14(22)23-15(3,4)5;1-5-6-7-10-8(11)12-9(2,3)4;1-3(2,4)5;2*1-2/h4,12,14,22H,1,5-11H2,2-3H3,(H,23,29)(H3,21,24,25,30);9-11H,6-8H2,1-5H3,(H,16,20)(H,17,21)(H,18,22);5-7H2,1-4H3,(H,10,11);4-5H,1-2H3;2*1-2H3. The Hall–Kier alpha value is -6.58. The van der Waals surface area contributed by atoms with Crippen LogP contribution in [0.1, 0.15) is 155 Å². The summed E-state index contributed by atoms with van der Waals surface area (Å²) in [6, 6.07) is -0.523. The summed E-state index contributed by atoms with van der Waals surface area (Å²) in [5, 5.41) is 26.8. The number of nitrogens with one attached hydrogen (secondary N) is 7. The van der Waals surface area contributed by atoms with Gasteiger partial charge in [0.25, 0.3) is 5.56 Å². The summed E-state index contributed by atoms with van der Waals surface area (Å²) in [5.74, 6) is -2.49. The number of fused-ring (bicyclic) bond motifs is 1. The number of aromatic amines is 1. The second kappa shape index (κ2) is 39.7. The topological polar surface area (TPSA) is 371 Å². The summed E-state index contributed by atoms with van der Waals surface area (Å²) in [6.07, 6.45) is 2.97. The number of allylic oxidation sites excluding steroid dienone is 1. The van der Waals surface area contributed by atoms with Gasteiger partial charge in [-0.25, -0.2) is 29.2 Å². The van der Waals surface area contributed by atoms with E-state index < -0.39 is 64.7 Å². The van der Waals surface area contributed by atoms with Crippen molar-refractivity contribution in [3.8, 4) is 0 Å². The van der Waals surface area contributed by atoms with Gasteiger partial charge in [-0.15, -0.1) is 6.58 Å². The molecule has 1 aliphatic heterocycles. The molecule has 3 unspecified atom stereocenters. The summed E-state index contributed by atoms with van der Waals surface area (Å²) in [7, 11) is 3.23. The number of hydrogen-bond donors (Lipinski definition) is 10. The third kappa shape index (κ3) is 35.7. The fourth-order valence-electron chi connectivity index (χ4n) is 5.90. The van der Waals surface area contributed by atoms with E-state index in [4.69, 9.17) is 34.9 Å². The number of hydrazine groups is 1. The van der Waals surface area contributed by atoms with Crippen LogP contribution in [0.15, 0.2) is 22.2 Å². The largest absolute Gasteiger partial charge is 0.447 e. The number of nitrogens with two attached hydrogens (primary N) is 1. The van der Waals surface area contributed by atoms with Crippen molar-refractivity contribution in [1.82, 2.24) is 56.1 Å². The highest BCUT2D eigenvalue weighted by molar-refractivity contribution is 5.82. The Kier molecular flexibility index (Phi) is 38.5. The SMILES string of the molecule is C=CCn1c(=O)n(C2CCC(COC(=O)N(C)CCNC(=O)CNC)O2)c2nc(N)[nH]c(=O)c21.CC.CC.CC(C)(O)O.CC(C)C(C=O)NC(=O)CCCC(=O)NNC(=O)OC(C)(C)C.CCCCNC(=O)OC(C)(C)C. The number of carbonyl (C=O) groups is 7. The number of rotatable bonds is 20. The summed E-state index contributed by atoms with van der Waals surface area (Å²) in [5.41, 5.74) is 8.16. The average Bonchev–Trinajstić information content (AvgIpc) is 3.90. The van der Waals surface area contributed by atoms with E-state index in [1.165, 1.54) is 34.0 Å². The molecule has 0 spiro atoms. The number of nitrogens with zero attached hydrogens (tertiary/aromatic N) is 4. The van der Waals surface area contributed by atoms with E-state index in [-0.39, 0.29) is 80.0 Å². The lowest BCUT2D eigenvalue weighted by molar-refractivity contribution is -0.127. The zero-order valence-corrected chi connectivity index (χ0v) is 49.4. The number of aldehydes is 1. The highest BCUT2D eigenvalue weighted by Crippen LogP contribution is 2.29. The van der Waals surface area contributed by atoms with Crippen LogP contribution in [0, 0.1) is 5.92 Å². The molecule has 0 radical (unpaired) electrons. The van der Waals surface area contributed by atoms with Gasteiger partial charge in [0.1, 0.15) is 30.3 Å². The fourth-order valence-corrected chi connectivity index (χ4v) is 5.90. The fraction of sp³-hybridized carbons (Fsp3) is 0.725. The van der Waals surface area contributed by atoms with Gasteiger partial charge in [-0.1, -0.05) is 61.0 Å². The van der Waals surface area contributed by atoms with Crippen LogP contribution in [0.2, 0.25) is 0 Å². The van der Waals surface area contributed by atoms with Gasteiger partial charge in [0, 0.05) is 46.1 Å². The number of H-pyrrole nitrogens is 1. The first-order valence-corrected chi connectivity index (χ1v) is 26.3. The molecule has 1 fully saturated rings. The van der Waals surface area contributed by atoms with Crippen molar-refractivity contribution in [3.63, 3.8) is 0 Å². The van der Waals surface area contributed by atoms with Crippen LogP contribution in [-0.2, 0) is 44.7 Å². The molecule has 3 heterocycles. The molecule has 0 aliphatic carbocycles. The minimum atomic E-state index is -1.50. The molecule has 11 N–H and O–H groups in total. The van der Waals surface area contributed by atoms with E-state index in [9.17, 15) is 43.2 Å². The Bertz CT molecular complexity index is 2220. The molecule has 0 aromatic carbocycles. The van der Waals surface area contributed by atoms with Crippen LogP contribution in [0.5, 0.6) is 0 Å². The number of aromatic nitrogens is 4. The van der Waals surface area contributed by atoms with Crippen molar-refractivity contribution in [2.75, 3.05) is 52.6 Å². The Balaban J connectivity index is -0.00000110. The Morgan fingerprint density at radius 2 is 1.45 bits per heavy atom. The number of imidazole rings is 1. The lowest BCUT2D eigenvalue weighted by Gasteiger charge is -2.19. The highest BCUT2D eigenvalue weighted by Gasteiger charge is 2.32. The van der Waals surface area contributed by atoms with Crippen LogP contribution in [-0.4, -0.2) is 153 Å². The smallest absolute Gasteiger partial charge is 0.426 e. The van der Waals surface area contributed by atoms with Crippen molar-refractivity contribution < 1.29 is 62.7 Å². The molecule has 0 saturated carbocycles. The van der Waals surface area contributed by atoms with Crippen molar-refractivity contribution in [2.45, 2.75) is 191 Å². The van der Waals surface area contributed by atoms with Gasteiger partial charge in [-0.2, -0.15) is 4.98 Å². The van der Waals surface area contributed by atoms with Crippen LogP contribution in [0.3, 0.4) is 0 Å². The lowest BCUT2D eigenvalue weighted by atomic mass is 10.1. The molecule has 27 nitrogen and oxygen atoms in total. The Morgan fingerprint density at radius 3 is 1.96 bits per heavy atom. The van der Waals surface area contributed by atoms with E-state index in [2.05, 4.69) is 55.6 Å². The first kappa shape index (κ1) is 75.7. The van der Waals surface area contributed by atoms with Gasteiger partial charge in [0.2, 0.25) is 23.7 Å². The van der Waals surface area contributed by atoms with Crippen molar-refractivity contribution >= 4 is 59.4 Å². The van der Waals surface area contributed by atoms with E-state index >= 15 is 0 Å². The number of unbranched alkanes of at least 4 members (excludes halogenated alkanes) is 1. The maximum atomic E-state index is 13.0. The second-order valence-corrected chi connectivity index (χ2v) is 19.6. The second-order valence-electron chi connectivity index (χ2n) is 19.6. The van der Waals surface area contributed by atoms with Crippen molar-refractivity contribution in [1.29, 1.82) is 0 Å². The quantitative estimate of drug-likeness (QED) is 0.0225. The minimum Gasteiger partial charge on any atom is -0.447 e. The van der Waals surface area contributed by atoms with E-state index in [0.29, 0.717) is 38.6 Å². The molecule has 2 aromatic rings. The number of hydrogen-bond acceptors (Lipinski definition) is 18. The maximum absolute atomic E-state index is 13.0. The van der Waals surface area contributed by atoms with Crippen molar-refractivity contribution in [2.24, 2.45) is 5.92 Å². The minimum absolute atomic E-state index is 0.0118. The van der Waals surface area contributed by atoms with Gasteiger partial charge in [-0.3, -0.25) is 34.2 Å². The number of anilines is 1. The van der Waals surface area contributed by atoms with E-state index in [1.807, 2.05) is 62.3 Å². The molecule has 3 rings (SSSR count). The van der Waals surface area contributed by atoms with Gasteiger partial charge >= 0.3 is 24.0 Å². The van der Waals surface area contributed by atoms with Gasteiger partial charge < -0.3 is 65.9 Å². The molecule has 1 saturated heterocycles. The zero-order valence-electron chi connectivity index (χ0n) is 49.4. The van der Waals surface area contributed by atoms with Crippen LogP contribution < -0.4 is 49.1 Å². The normalized spacial score (nSPS) is 13.9. The van der Waals surface area contributed by atoms with Crippen LogP contribution in [0.4, 0.5) is 20.3 Å². The highest BCUT2D eigenvalue weighted by atomic mass is 16.6. The number of aliphatic hydroxyl groups is 2.